The summed E-state index contributed by atoms with van der Waals surface area (Å²) in [6.45, 7) is 0. The third-order valence-electron chi connectivity index (χ3n) is 6.05. The second-order valence-electron chi connectivity index (χ2n) is 7.79. The van der Waals surface area contributed by atoms with Crippen molar-refractivity contribution in [1.82, 2.24) is 0 Å². The Morgan fingerprint density at radius 2 is 0.968 bits per heavy atom. The van der Waals surface area contributed by atoms with Crippen molar-refractivity contribution in [3.05, 3.63) is 136 Å². The van der Waals surface area contributed by atoms with E-state index in [2.05, 4.69) is 0 Å². The number of halogens is 2. The van der Waals surface area contributed by atoms with Gasteiger partial charge in [-0.15, -0.1) is 0 Å². The zero-order valence-corrected chi connectivity index (χ0v) is 16.4. The van der Waals surface area contributed by atoms with Crippen LogP contribution in [-0.2, 0) is 11.2 Å². The van der Waals surface area contributed by atoms with Crippen LogP contribution in [0.2, 0.25) is 0 Å². The SMILES string of the molecule is [B]c1ccc2c(c1)C(O)(c1ccc(F)cc1)c1ccccc1C2(O)c1ccc(F)cc1. The summed E-state index contributed by atoms with van der Waals surface area (Å²) in [7, 11) is 6.07. The van der Waals surface area contributed by atoms with Gasteiger partial charge in [0.05, 0.1) is 0 Å². The van der Waals surface area contributed by atoms with Gasteiger partial charge in [-0.1, -0.05) is 72.2 Å². The summed E-state index contributed by atoms with van der Waals surface area (Å²) in [5.41, 5.74) is -0.357. The van der Waals surface area contributed by atoms with E-state index in [1.807, 2.05) is 0 Å². The third kappa shape index (κ3) is 2.78. The Balaban J connectivity index is 1.89. The molecule has 0 amide bonds. The molecule has 0 aromatic heterocycles. The van der Waals surface area contributed by atoms with E-state index in [0.29, 0.717) is 38.8 Å². The van der Waals surface area contributed by atoms with E-state index in [4.69, 9.17) is 7.85 Å². The van der Waals surface area contributed by atoms with Crippen molar-refractivity contribution < 1.29 is 19.0 Å². The number of rotatable bonds is 2. The van der Waals surface area contributed by atoms with Crippen molar-refractivity contribution in [3.8, 4) is 0 Å². The molecule has 2 N–H and O–H groups in total. The molecule has 31 heavy (non-hydrogen) atoms. The van der Waals surface area contributed by atoms with Gasteiger partial charge >= 0.3 is 0 Å². The van der Waals surface area contributed by atoms with Gasteiger partial charge in [0, 0.05) is 0 Å². The van der Waals surface area contributed by atoms with Gasteiger partial charge in [-0.2, -0.15) is 0 Å². The minimum Gasteiger partial charge on any atom is -0.376 e. The number of benzene rings is 4. The van der Waals surface area contributed by atoms with E-state index in [9.17, 15) is 19.0 Å². The van der Waals surface area contributed by atoms with Gasteiger partial charge in [0.2, 0.25) is 0 Å². The first-order chi connectivity index (χ1) is 14.8. The summed E-state index contributed by atoms with van der Waals surface area (Å²) in [5.74, 6) is -0.844. The Hall–Kier alpha value is -3.28. The first-order valence-electron chi connectivity index (χ1n) is 9.82. The van der Waals surface area contributed by atoms with Gasteiger partial charge < -0.3 is 10.2 Å². The second-order valence-corrected chi connectivity index (χ2v) is 7.79. The molecule has 5 heteroatoms. The molecular formula is C26H17BF2O2. The molecule has 2 radical (unpaired) electrons. The van der Waals surface area contributed by atoms with Crippen molar-refractivity contribution in [1.29, 1.82) is 0 Å². The molecule has 5 rings (SSSR count). The highest BCUT2D eigenvalue weighted by atomic mass is 19.1. The lowest BCUT2D eigenvalue weighted by Crippen LogP contribution is -2.44. The van der Waals surface area contributed by atoms with Crippen LogP contribution in [0.5, 0.6) is 0 Å². The van der Waals surface area contributed by atoms with Crippen LogP contribution >= 0.6 is 0 Å². The molecule has 4 aromatic carbocycles. The zero-order chi connectivity index (χ0) is 21.8. The van der Waals surface area contributed by atoms with E-state index in [0.717, 1.165) is 0 Å². The van der Waals surface area contributed by atoms with Gasteiger partial charge in [0.1, 0.15) is 30.7 Å². The predicted molar refractivity (Wildman–Crippen MR) is 115 cm³/mol. The van der Waals surface area contributed by atoms with Crippen molar-refractivity contribution in [2.75, 3.05) is 0 Å². The molecule has 2 atom stereocenters. The summed E-state index contributed by atoms with van der Waals surface area (Å²) < 4.78 is 27.3. The zero-order valence-electron chi connectivity index (χ0n) is 16.4. The van der Waals surface area contributed by atoms with E-state index in [-0.39, 0.29) is 0 Å². The Morgan fingerprint density at radius 3 is 1.45 bits per heavy atom. The van der Waals surface area contributed by atoms with Crippen molar-refractivity contribution >= 4 is 13.3 Å². The Kier molecular flexibility index (Phi) is 4.36. The summed E-state index contributed by atoms with van der Waals surface area (Å²) in [6.07, 6.45) is 0. The summed E-state index contributed by atoms with van der Waals surface area (Å²) in [6, 6.07) is 23.1. The Bertz CT molecular complexity index is 1290. The molecule has 0 saturated heterocycles. The molecule has 0 aliphatic heterocycles. The maximum absolute atomic E-state index is 13.6. The van der Waals surface area contributed by atoms with E-state index >= 15 is 0 Å². The van der Waals surface area contributed by atoms with Gasteiger partial charge in [-0.05, 0) is 57.6 Å². The Morgan fingerprint density at radius 1 is 0.548 bits per heavy atom. The summed E-state index contributed by atoms with van der Waals surface area (Å²) >= 11 is 0. The van der Waals surface area contributed by atoms with Crippen LogP contribution in [0.1, 0.15) is 33.4 Å². The number of aliphatic hydroxyl groups is 2. The van der Waals surface area contributed by atoms with Crippen molar-refractivity contribution in [2.45, 2.75) is 11.2 Å². The third-order valence-corrected chi connectivity index (χ3v) is 6.05. The maximum atomic E-state index is 13.6. The van der Waals surface area contributed by atoms with Crippen LogP contribution in [0.4, 0.5) is 8.78 Å². The van der Waals surface area contributed by atoms with Gasteiger partial charge in [-0.25, -0.2) is 8.78 Å². The minimum absolute atomic E-state index is 0.379. The minimum atomic E-state index is -1.68. The fourth-order valence-electron chi connectivity index (χ4n) is 4.59. The Labute approximate surface area is 179 Å². The highest BCUT2D eigenvalue weighted by molar-refractivity contribution is 6.32. The van der Waals surface area contributed by atoms with Crippen LogP contribution in [0.3, 0.4) is 0 Å². The highest BCUT2D eigenvalue weighted by Gasteiger charge is 2.50. The molecule has 0 saturated carbocycles. The molecule has 1 aliphatic carbocycles. The monoisotopic (exact) mass is 410 g/mol. The molecule has 2 unspecified atom stereocenters. The number of hydrogen-bond donors (Lipinski definition) is 2. The molecular weight excluding hydrogens is 393 g/mol. The summed E-state index contributed by atoms with van der Waals surface area (Å²) in [5, 5.41) is 24.3. The van der Waals surface area contributed by atoms with Gasteiger partial charge in [0.25, 0.3) is 0 Å². The number of fused-ring (bicyclic) bond motifs is 2. The molecule has 0 spiro atoms. The predicted octanol–water partition coefficient (Wildman–Crippen LogP) is 3.64. The lowest BCUT2D eigenvalue weighted by molar-refractivity contribution is 0.0748. The number of hydrogen-bond acceptors (Lipinski definition) is 2. The lowest BCUT2D eigenvalue weighted by atomic mass is 9.63. The van der Waals surface area contributed by atoms with Crippen LogP contribution in [-0.4, -0.2) is 18.1 Å². The lowest BCUT2D eigenvalue weighted by Gasteiger charge is -2.45. The average molecular weight is 410 g/mol. The van der Waals surface area contributed by atoms with Gasteiger partial charge in [0.15, 0.2) is 0 Å². The smallest absolute Gasteiger partial charge is 0.141 e. The maximum Gasteiger partial charge on any atom is 0.141 e. The van der Waals surface area contributed by atoms with Crippen molar-refractivity contribution in [2.24, 2.45) is 0 Å². The molecule has 1 aliphatic rings. The fourth-order valence-corrected chi connectivity index (χ4v) is 4.59. The van der Waals surface area contributed by atoms with E-state index < -0.39 is 22.8 Å². The fraction of sp³-hybridized carbons (Fsp3) is 0.0769. The quantitative estimate of drug-likeness (QED) is 0.496. The second kappa shape index (κ2) is 6.87. The first kappa shape index (κ1) is 19.7. The molecule has 0 heterocycles. The molecule has 2 nitrogen and oxygen atoms in total. The van der Waals surface area contributed by atoms with Crippen LogP contribution in [0.15, 0.2) is 91.0 Å². The molecule has 4 aromatic rings. The summed E-state index contributed by atoms with van der Waals surface area (Å²) in [4.78, 5) is 0. The van der Waals surface area contributed by atoms with Crippen molar-refractivity contribution in [3.63, 3.8) is 0 Å². The average Bonchev–Trinajstić information content (AvgIpc) is 2.78. The van der Waals surface area contributed by atoms with Crippen LogP contribution in [0.25, 0.3) is 0 Å². The van der Waals surface area contributed by atoms with E-state index in [1.165, 1.54) is 48.5 Å². The van der Waals surface area contributed by atoms with Crippen LogP contribution in [0, 0.1) is 11.6 Å². The first-order valence-corrected chi connectivity index (χ1v) is 9.82. The van der Waals surface area contributed by atoms with Crippen LogP contribution < -0.4 is 5.46 Å². The van der Waals surface area contributed by atoms with Gasteiger partial charge in [-0.3, -0.25) is 0 Å². The normalized spacial score (nSPS) is 21.9. The largest absolute Gasteiger partial charge is 0.376 e. The van der Waals surface area contributed by atoms with E-state index in [1.54, 1.807) is 42.5 Å². The molecule has 150 valence electrons. The molecule has 0 bridgehead atoms. The highest BCUT2D eigenvalue weighted by Crippen LogP contribution is 2.52. The standard InChI is InChI=1S/C26H17BF2O2/c27-18-9-14-23-24(15-18)26(31,17-7-12-20(29)13-8-17)22-4-2-1-3-21(22)25(23,30)16-5-10-19(28)11-6-16/h1-15,30-31H. The molecule has 0 fully saturated rings. The topological polar surface area (TPSA) is 40.5 Å².